The van der Waals surface area contributed by atoms with Crippen LogP contribution in [0.15, 0.2) is 30.5 Å². The summed E-state index contributed by atoms with van der Waals surface area (Å²) >= 11 is 6.13. The number of hydrogen-bond donors (Lipinski definition) is 3. The molecule has 1 saturated heterocycles. The quantitative estimate of drug-likeness (QED) is 0.425. The van der Waals surface area contributed by atoms with Gasteiger partial charge in [-0.05, 0) is 69.7 Å². The second-order valence-corrected chi connectivity index (χ2v) is 13.6. The van der Waals surface area contributed by atoms with Crippen LogP contribution in [-0.2, 0) is 19.1 Å². The van der Waals surface area contributed by atoms with Crippen LogP contribution in [0, 0.1) is 5.41 Å². The largest absolute Gasteiger partial charge is 0.488 e. The fourth-order valence-corrected chi connectivity index (χ4v) is 5.40. The van der Waals surface area contributed by atoms with Crippen LogP contribution < -0.4 is 15.4 Å². The van der Waals surface area contributed by atoms with Crippen molar-refractivity contribution >= 4 is 46.4 Å². The zero-order valence-corrected chi connectivity index (χ0v) is 25.6. The molecule has 2 fully saturated rings. The molecule has 12 heteroatoms. The third-order valence-electron chi connectivity index (χ3n) is 7.56. The van der Waals surface area contributed by atoms with Crippen molar-refractivity contribution in [3.63, 3.8) is 0 Å². The van der Waals surface area contributed by atoms with Gasteiger partial charge in [0.1, 0.15) is 35.1 Å². The summed E-state index contributed by atoms with van der Waals surface area (Å²) in [4.78, 5) is 58.2. The number of carbonyl (C=O) groups excluding carboxylic acids is 3. The number of alkyl carbamates (subject to hydrolysis) is 1. The predicted molar refractivity (Wildman–Crippen MR) is 156 cm³/mol. The first kappa shape index (κ1) is 31.3. The molecule has 1 aliphatic carbocycles. The van der Waals surface area contributed by atoms with Crippen molar-refractivity contribution in [3.05, 3.63) is 35.5 Å². The van der Waals surface area contributed by atoms with E-state index in [0.717, 1.165) is 0 Å². The number of benzene rings is 1. The SMILES string of the molecule is CC(C)(C)OC(=O)N[C@H](C(=O)N1C[C@H](Oc2ccnc3cc(Cl)ccc23)C[C@H]1C(=O)NC1(C(=O)O)CCC1)C(C)(C)C. The number of carbonyl (C=O) groups is 4. The minimum atomic E-state index is -1.36. The number of ether oxygens (including phenoxy) is 2. The van der Waals surface area contributed by atoms with Crippen LogP contribution in [-0.4, -0.2) is 74.7 Å². The standard InChI is InChI=1S/C30H39ClN4O7/c1-28(2,3)23(33-27(40)42-29(4,5)6)25(37)35-16-18(15-21(35)24(36)34-30(26(38)39)11-7-12-30)41-22-10-13-32-20-14-17(31)8-9-19(20)22/h8-10,13-14,18,21,23H,7,11-12,15-16H2,1-6H3,(H,33,40)(H,34,36)(H,38,39)/t18-,21+,23-/m1/s1. The lowest BCUT2D eigenvalue weighted by Gasteiger charge is -2.40. The summed E-state index contributed by atoms with van der Waals surface area (Å²) < 4.78 is 11.7. The van der Waals surface area contributed by atoms with Crippen LogP contribution in [0.5, 0.6) is 5.75 Å². The minimum absolute atomic E-state index is 0.0387. The number of aliphatic carboxylic acids is 1. The van der Waals surface area contributed by atoms with Crippen molar-refractivity contribution in [1.82, 2.24) is 20.5 Å². The van der Waals surface area contributed by atoms with Crippen molar-refractivity contribution in [2.24, 2.45) is 5.41 Å². The highest BCUT2D eigenvalue weighted by Crippen LogP contribution is 2.35. The maximum Gasteiger partial charge on any atom is 0.408 e. The highest BCUT2D eigenvalue weighted by Gasteiger charge is 2.50. The first-order valence-electron chi connectivity index (χ1n) is 14.1. The number of halogens is 1. The number of rotatable bonds is 7. The molecule has 2 heterocycles. The molecular weight excluding hydrogens is 564 g/mol. The molecule has 0 spiro atoms. The maximum absolute atomic E-state index is 14.1. The van der Waals surface area contributed by atoms with E-state index in [1.165, 1.54) is 4.90 Å². The number of hydrogen-bond acceptors (Lipinski definition) is 7. The van der Waals surface area contributed by atoms with Gasteiger partial charge in [0.15, 0.2) is 0 Å². The van der Waals surface area contributed by atoms with Gasteiger partial charge >= 0.3 is 12.1 Å². The van der Waals surface area contributed by atoms with E-state index >= 15 is 0 Å². The monoisotopic (exact) mass is 602 g/mol. The molecule has 1 aromatic heterocycles. The lowest BCUT2D eigenvalue weighted by Crippen LogP contribution is -2.63. The molecule has 1 saturated carbocycles. The van der Waals surface area contributed by atoms with E-state index < -0.39 is 58.6 Å². The van der Waals surface area contributed by atoms with Gasteiger partial charge in [-0.15, -0.1) is 0 Å². The van der Waals surface area contributed by atoms with E-state index in [9.17, 15) is 24.3 Å². The lowest BCUT2D eigenvalue weighted by atomic mass is 9.76. The van der Waals surface area contributed by atoms with Crippen LogP contribution in [0.2, 0.25) is 5.02 Å². The maximum atomic E-state index is 14.1. The van der Waals surface area contributed by atoms with Crippen molar-refractivity contribution in [3.8, 4) is 5.75 Å². The Morgan fingerprint density at radius 2 is 1.81 bits per heavy atom. The molecule has 11 nitrogen and oxygen atoms in total. The van der Waals surface area contributed by atoms with Crippen LogP contribution in [0.3, 0.4) is 0 Å². The van der Waals surface area contributed by atoms with Crippen molar-refractivity contribution in [2.75, 3.05) is 6.54 Å². The zero-order valence-electron chi connectivity index (χ0n) is 24.8. The average molecular weight is 603 g/mol. The Balaban J connectivity index is 1.63. The minimum Gasteiger partial charge on any atom is -0.488 e. The van der Waals surface area contributed by atoms with E-state index in [2.05, 4.69) is 15.6 Å². The van der Waals surface area contributed by atoms with Gasteiger partial charge in [-0.25, -0.2) is 9.59 Å². The van der Waals surface area contributed by atoms with Crippen LogP contribution >= 0.6 is 11.6 Å². The molecule has 3 atom stereocenters. The molecule has 4 rings (SSSR count). The number of likely N-dealkylation sites (tertiary alicyclic amines) is 1. The highest BCUT2D eigenvalue weighted by molar-refractivity contribution is 6.31. The third-order valence-corrected chi connectivity index (χ3v) is 7.79. The number of nitrogens with one attached hydrogen (secondary N) is 2. The van der Waals surface area contributed by atoms with Crippen molar-refractivity contribution in [1.29, 1.82) is 0 Å². The van der Waals surface area contributed by atoms with Gasteiger partial charge in [-0.2, -0.15) is 0 Å². The second kappa shape index (κ2) is 11.6. The van der Waals surface area contributed by atoms with Crippen LogP contribution in [0.4, 0.5) is 4.79 Å². The Kier molecular flexibility index (Phi) is 8.64. The average Bonchev–Trinajstić information content (AvgIpc) is 3.26. The van der Waals surface area contributed by atoms with Crippen LogP contribution in [0.1, 0.15) is 67.2 Å². The lowest BCUT2D eigenvalue weighted by molar-refractivity contribution is -0.153. The second-order valence-electron chi connectivity index (χ2n) is 13.1. The summed E-state index contributed by atoms with van der Waals surface area (Å²) in [7, 11) is 0. The summed E-state index contributed by atoms with van der Waals surface area (Å²) in [6.45, 7) is 10.6. The van der Waals surface area contributed by atoms with Gasteiger partial charge in [-0.3, -0.25) is 14.6 Å². The third kappa shape index (κ3) is 6.88. The van der Waals surface area contributed by atoms with Crippen molar-refractivity contribution in [2.45, 2.75) is 96.6 Å². The van der Waals surface area contributed by atoms with Gasteiger partial charge in [0.25, 0.3) is 0 Å². The number of amides is 3. The Morgan fingerprint density at radius 3 is 2.38 bits per heavy atom. The number of pyridine rings is 1. The summed E-state index contributed by atoms with van der Waals surface area (Å²) in [5.41, 5.74) is -2.26. The molecule has 0 unspecified atom stereocenters. The van der Waals surface area contributed by atoms with Gasteiger partial charge in [0.05, 0.1) is 12.1 Å². The Hall–Kier alpha value is -3.60. The van der Waals surface area contributed by atoms with E-state index in [1.807, 2.05) is 0 Å². The number of carboxylic acid groups (broad SMARTS) is 1. The molecule has 0 bridgehead atoms. The fraction of sp³-hybridized carbons (Fsp3) is 0.567. The topological polar surface area (TPSA) is 147 Å². The summed E-state index contributed by atoms with van der Waals surface area (Å²) in [6.07, 6.45) is 1.64. The van der Waals surface area contributed by atoms with Gasteiger partial charge in [-0.1, -0.05) is 32.4 Å². The number of aromatic nitrogens is 1. The summed E-state index contributed by atoms with van der Waals surface area (Å²) in [6, 6.07) is 4.86. The number of fused-ring (bicyclic) bond motifs is 1. The molecular formula is C30H39ClN4O7. The smallest absolute Gasteiger partial charge is 0.408 e. The van der Waals surface area contributed by atoms with E-state index in [-0.39, 0.29) is 13.0 Å². The van der Waals surface area contributed by atoms with Gasteiger partial charge < -0.3 is 30.1 Å². The zero-order chi connectivity index (χ0) is 31.0. The Bertz CT molecular complexity index is 1380. The van der Waals surface area contributed by atoms with E-state index in [4.69, 9.17) is 21.1 Å². The molecule has 228 valence electrons. The van der Waals surface area contributed by atoms with Gasteiger partial charge in [0, 0.05) is 23.0 Å². The molecule has 3 amide bonds. The molecule has 42 heavy (non-hydrogen) atoms. The van der Waals surface area contributed by atoms with E-state index in [0.29, 0.717) is 40.9 Å². The highest BCUT2D eigenvalue weighted by atomic mass is 35.5. The molecule has 2 aromatic rings. The molecule has 1 aliphatic heterocycles. The molecule has 1 aromatic carbocycles. The Morgan fingerprint density at radius 1 is 1.12 bits per heavy atom. The van der Waals surface area contributed by atoms with Crippen molar-refractivity contribution < 1.29 is 33.8 Å². The molecule has 3 N–H and O–H groups in total. The molecule has 2 aliphatic rings. The summed E-state index contributed by atoms with van der Waals surface area (Å²) in [5, 5.41) is 16.4. The predicted octanol–water partition coefficient (Wildman–Crippen LogP) is 4.30. The number of nitrogens with zero attached hydrogens (tertiary/aromatic N) is 2. The van der Waals surface area contributed by atoms with Gasteiger partial charge in [0.2, 0.25) is 11.8 Å². The normalized spacial score (nSPS) is 20.8. The molecule has 0 radical (unpaired) electrons. The number of carboxylic acids is 1. The first-order valence-corrected chi connectivity index (χ1v) is 14.4. The Labute approximate surface area is 250 Å². The first-order chi connectivity index (χ1) is 19.5. The summed E-state index contributed by atoms with van der Waals surface area (Å²) in [5.74, 6) is -1.67. The van der Waals surface area contributed by atoms with Crippen LogP contribution in [0.25, 0.3) is 10.9 Å². The fourth-order valence-electron chi connectivity index (χ4n) is 5.23. The van der Waals surface area contributed by atoms with E-state index in [1.54, 1.807) is 72.0 Å².